The summed E-state index contributed by atoms with van der Waals surface area (Å²) in [6, 6.07) is 16.9. The number of amides is 1. The molecule has 1 amide bonds. The molecule has 4 rings (SSSR count). The first-order valence-electron chi connectivity index (χ1n) is 11.3. The molecular weight excluding hydrogens is 452 g/mol. The van der Waals surface area contributed by atoms with Crippen molar-refractivity contribution in [1.82, 2.24) is 15.1 Å². The van der Waals surface area contributed by atoms with Gasteiger partial charge in [0, 0.05) is 5.39 Å². The first-order valence-corrected chi connectivity index (χ1v) is 11.3. The second kappa shape index (κ2) is 9.84. The highest BCUT2D eigenvalue weighted by molar-refractivity contribution is 5.82. The van der Waals surface area contributed by atoms with Crippen molar-refractivity contribution in [2.75, 3.05) is 6.61 Å². The molecular formula is C27H27F2N3O3. The smallest absolute Gasteiger partial charge is 0.228 e. The number of aliphatic hydroxyl groups excluding tert-OH is 1. The van der Waals surface area contributed by atoms with E-state index in [-0.39, 0.29) is 18.3 Å². The molecule has 0 radical (unpaired) electrons. The van der Waals surface area contributed by atoms with E-state index in [1.54, 1.807) is 68.0 Å². The third kappa shape index (κ3) is 5.33. The van der Waals surface area contributed by atoms with Crippen LogP contribution in [0.3, 0.4) is 0 Å². The van der Waals surface area contributed by atoms with Crippen LogP contribution in [0.25, 0.3) is 16.6 Å². The Hall–Kier alpha value is -3.78. The topological polar surface area (TPSA) is 76.4 Å². The van der Waals surface area contributed by atoms with Gasteiger partial charge in [0.1, 0.15) is 23.5 Å². The number of carbonyl (C=O) groups excluding carboxylic acids is 1. The number of hydrogen-bond acceptors (Lipinski definition) is 4. The molecule has 3 aromatic carbocycles. The molecule has 0 saturated heterocycles. The summed E-state index contributed by atoms with van der Waals surface area (Å²) in [6.45, 7) is 4.73. The number of ether oxygens (including phenoxy) is 1. The lowest BCUT2D eigenvalue weighted by Gasteiger charge is -2.30. The van der Waals surface area contributed by atoms with Crippen LogP contribution in [0, 0.1) is 17.0 Å². The molecule has 4 aromatic rings. The maximum Gasteiger partial charge on any atom is 0.228 e. The first kappa shape index (κ1) is 24.3. The summed E-state index contributed by atoms with van der Waals surface area (Å²) < 4.78 is 35.3. The van der Waals surface area contributed by atoms with E-state index in [1.807, 2.05) is 6.07 Å². The van der Waals surface area contributed by atoms with Crippen LogP contribution < -0.4 is 10.1 Å². The second-order valence-corrected chi connectivity index (χ2v) is 9.15. The van der Waals surface area contributed by atoms with Crippen molar-refractivity contribution in [2.45, 2.75) is 32.9 Å². The monoisotopic (exact) mass is 479 g/mol. The molecule has 35 heavy (non-hydrogen) atoms. The van der Waals surface area contributed by atoms with Crippen LogP contribution in [0.2, 0.25) is 0 Å². The van der Waals surface area contributed by atoms with Gasteiger partial charge in [-0.2, -0.15) is 5.10 Å². The molecule has 0 aliphatic carbocycles. The molecule has 182 valence electrons. The number of nitrogens with zero attached hydrogens (tertiary/aromatic N) is 2. The predicted octanol–water partition coefficient (Wildman–Crippen LogP) is 4.95. The van der Waals surface area contributed by atoms with Crippen molar-refractivity contribution in [2.24, 2.45) is 5.41 Å². The standard InChI is InChI=1S/C27H27F2N3O3/c1-17(31-26(34)27(2,3)16-33)25(18-5-4-6-21(29)13-18)35-23-11-12-24-19(14-23)15-30-32(24)22-9-7-20(28)8-10-22/h4-15,17,25,33H,16H2,1-3H3,(H,31,34). The molecule has 0 fully saturated rings. The number of fused-ring (bicyclic) bond motifs is 1. The van der Waals surface area contributed by atoms with Crippen molar-refractivity contribution in [3.8, 4) is 11.4 Å². The van der Waals surface area contributed by atoms with E-state index in [9.17, 15) is 18.7 Å². The summed E-state index contributed by atoms with van der Waals surface area (Å²) in [5.74, 6) is -0.573. The quantitative estimate of drug-likeness (QED) is 0.375. The van der Waals surface area contributed by atoms with Gasteiger partial charge >= 0.3 is 0 Å². The van der Waals surface area contributed by atoms with Gasteiger partial charge in [-0.15, -0.1) is 0 Å². The average molecular weight is 480 g/mol. The number of carbonyl (C=O) groups is 1. The minimum atomic E-state index is -0.978. The average Bonchev–Trinajstić information content (AvgIpc) is 3.26. The zero-order chi connectivity index (χ0) is 25.2. The lowest BCUT2D eigenvalue weighted by atomic mass is 9.92. The largest absolute Gasteiger partial charge is 0.484 e. The fourth-order valence-electron chi connectivity index (χ4n) is 3.71. The summed E-state index contributed by atoms with van der Waals surface area (Å²) >= 11 is 0. The molecule has 0 saturated carbocycles. The predicted molar refractivity (Wildman–Crippen MR) is 129 cm³/mol. The van der Waals surface area contributed by atoms with E-state index in [1.165, 1.54) is 24.3 Å². The van der Waals surface area contributed by atoms with E-state index in [2.05, 4.69) is 10.4 Å². The molecule has 2 N–H and O–H groups in total. The third-order valence-electron chi connectivity index (χ3n) is 5.87. The molecule has 0 aliphatic heterocycles. The van der Waals surface area contributed by atoms with Crippen LogP contribution >= 0.6 is 0 Å². The molecule has 1 aromatic heterocycles. The van der Waals surface area contributed by atoms with Crippen molar-refractivity contribution in [1.29, 1.82) is 0 Å². The number of aromatic nitrogens is 2. The first-order chi connectivity index (χ1) is 16.7. The molecule has 8 heteroatoms. The van der Waals surface area contributed by atoms with Crippen LogP contribution in [0.4, 0.5) is 8.78 Å². The van der Waals surface area contributed by atoms with E-state index < -0.39 is 23.4 Å². The van der Waals surface area contributed by atoms with Gasteiger partial charge in [-0.25, -0.2) is 13.5 Å². The van der Waals surface area contributed by atoms with Gasteiger partial charge in [0.25, 0.3) is 0 Å². The SMILES string of the molecule is CC(NC(=O)C(C)(C)CO)C(Oc1ccc2c(cnn2-c2ccc(F)cc2)c1)c1cccc(F)c1. The number of hydrogen-bond donors (Lipinski definition) is 2. The van der Waals surface area contributed by atoms with Gasteiger partial charge < -0.3 is 15.2 Å². The van der Waals surface area contributed by atoms with Crippen molar-refractivity contribution >= 4 is 16.8 Å². The molecule has 2 unspecified atom stereocenters. The highest BCUT2D eigenvalue weighted by Crippen LogP contribution is 2.30. The summed E-state index contributed by atoms with van der Waals surface area (Å²) in [5.41, 5.74) is 1.10. The van der Waals surface area contributed by atoms with E-state index in [0.29, 0.717) is 11.3 Å². The molecule has 0 aliphatic rings. The van der Waals surface area contributed by atoms with Gasteiger partial charge in [-0.3, -0.25) is 4.79 Å². The maximum atomic E-state index is 14.0. The Kier molecular flexibility index (Phi) is 6.84. The van der Waals surface area contributed by atoms with Crippen LogP contribution in [0.1, 0.15) is 32.4 Å². The van der Waals surface area contributed by atoms with Gasteiger partial charge in [0.15, 0.2) is 0 Å². The van der Waals surface area contributed by atoms with E-state index in [0.717, 1.165) is 16.6 Å². The van der Waals surface area contributed by atoms with Crippen molar-refractivity contribution in [3.05, 3.63) is 90.1 Å². The summed E-state index contributed by atoms with van der Waals surface area (Å²) in [7, 11) is 0. The number of halogens is 2. The zero-order valence-electron chi connectivity index (χ0n) is 19.7. The molecule has 0 bridgehead atoms. The van der Waals surface area contributed by atoms with E-state index >= 15 is 0 Å². The molecule has 2 atom stereocenters. The number of rotatable bonds is 8. The van der Waals surface area contributed by atoms with Gasteiger partial charge in [-0.1, -0.05) is 12.1 Å². The Morgan fingerprint density at radius 3 is 2.51 bits per heavy atom. The fraction of sp³-hybridized carbons (Fsp3) is 0.259. The van der Waals surface area contributed by atoms with Crippen LogP contribution in [-0.2, 0) is 4.79 Å². The fourth-order valence-corrected chi connectivity index (χ4v) is 3.71. The van der Waals surface area contributed by atoms with Crippen molar-refractivity contribution < 1.29 is 23.4 Å². The summed E-state index contributed by atoms with van der Waals surface area (Å²) in [5, 5.41) is 17.6. The maximum absolute atomic E-state index is 14.0. The zero-order valence-corrected chi connectivity index (χ0v) is 19.7. The highest BCUT2D eigenvalue weighted by Gasteiger charge is 2.31. The molecule has 6 nitrogen and oxygen atoms in total. The second-order valence-electron chi connectivity index (χ2n) is 9.15. The molecule has 1 heterocycles. The number of aliphatic hydroxyl groups is 1. The third-order valence-corrected chi connectivity index (χ3v) is 5.87. The minimum Gasteiger partial charge on any atom is -0.484 e. The highest BCUT2D eigenvalue weighted by atomic mass is 19.1. The number of nitrogens with one attached hydrogen (secondary N) is 1. The summed E-state index contributed by atoms with van der Waals surface area (Å²) in [4.78, 5) is 12.7. The van der Waals surface area contributed by atoms with Crippen molar-refractivity contribution in [3.63, 3.8) is 0 Å². The Morgan fingerprint density at radius 2 is 1.83 bits per heavy atom. The Balaban J connectivity index is 1.64. The normalized spacial score (nSPS) is 13.4. The minimum absolute atomic E-state index is 0.314. The Morgan fingerprint density at radius 1 is 1.09 bits per heavy atom. The Bertz CT molecular complexity index is 1340. The van der Waals surface area contributed by atoms with Crippen LogP contribution in [-0.4, -0.2) is 33.4 Å². The lowest BCUT2D eigenvalue weighted by molar-refractivity contribution is -0.132. The van der Waals surface area contributed by atoms with E-state index in [4.69, 9.17) is 4.74 Å². The van der Waals surface area contributed by atoms with Gasteiger partial charge in [0.05, 0.1) is 35.5 Å². The van der Waals surface area contributed by atoms with Gasteiger partial charge in [-0.05, 0) is 80.9 Å². The number of benzene rings is 3. The van der Waals surface area contributed by atoms with Crippen LogP contribution in [0.15, 0.2) is 72.9 Å². The Labute approximate surface area is 202 Å². The summed E-state index contributed by atoms with van der Waals surface area (Å²) in [6.07, 6.45) is 0.978. The lowest BCUT2D eigenvalue weighted by Crippen LogP contribution is -2.46. The molecule has 0 spiro atoms. The van der Waals surface area contributed by atoms with Gasteiger partial charge in [0.2, 0.25) is 5.91 Å². The van der Waals surface area contributed by atoms with Crippen LogP contribution in [0.5, 0.6) is 5.75 Å².